The van der Waals surface area contributed by atoms with Crippen LogP contribution in [0, 0.1) is 18.3 Å². The fourth-order valence-corrected chi connectivity index (χ4v) is 3.98. The Morgan fingerprint density at radius 2 is 1.75 bits per heavy atom. The first-order valence-electron chi connectivity index (χ1n) is 10.6. The van der Waals surface area contributed by atoms with Crippen LogP contribution in [0.1, 0.15) is 50.0 Å². The lowest BCUT2D eigenvalue weighted by Gasteiger charge is -2.44. The smallest absolute Gasteiger partial charge is 0.253 e. The lowest BCUT2D eigenvalue weighted by molar-refractivity contribution is -0.115. The monoisotopic (exact) mass is 440 g/mol. The van der Waals surface area contributed by atoms with Crippen LogP contribution in [0.2, 0.25) is 0 Å². The summed E-state index contributed by atoms with van der Waals surface area (Å²) in [5.74, 6) is 1.12. The summed E-state index contributed by atoms with van der Waals surface area (Å²) >= 11 is 0. The van der Waals surface area contributed by atoms with E-state index < -0.39 is 17.0 Å². The summed E-state index contributed by atoms with van der Waals surface area (Å²) in [6.07, 6.45) is -0.868. The molecule has 8 heteroatoms. The van der Waals surface area contributed by atoms with Crippen molar-refractivity contribution in [2.75, 3.05) is 23.8 Å². The van der Waals surface area contributed by atoms with Gasteiger partial charge in [-0.3, -0.25) is 9.59 Å². The molecule has 2 aromatic carbocycles. The number of aromatic hydroxyl groups is 1. The number of hydrogen-bond acceptors (Lipinski definition) is 8. The van der Waals surface area contributed by atoms with Gasteiger partial charge >= 0.3 is 0 Å². The molecule has 8 nitrogen and oxygen atoms in total. The number of anilines is 3. The zero-order valence-corrected chi connectivity index (χ0v) is 18.6. The predicted octanol–water partition coefficient (Wildman–Crippen LogP) is 3.51. The summed E-state index contributed by atoms with van der Waals surface area (Å²) in [5.41, 5.74) is -0.837. The minimum absolute atomic E-state index is 0.0682. The van der Waals surface area contributed by atoms with Crippen molar-refractivity contribution in [1.82, 2.24) is 0 Å². The second kappa shape index (κ2) is 8.11. The van der Waals surface area contributed by atoms with Gasteiger partial charge in [-0.15, -0.1) is 0 Å². The zero-order chi connectivity index (χ0) is 23.2. The van der Waals surface area contributed by atoms with E-state index in [0.717, 1.165) is 5.76 Å². The Kier molecular flexibility index (Phi) is 5.60. The first kappa shape index (κ1) is 22.1. The van der Waals surface area contributed by atoms with Crippen LogP contribution in [0.15, 0.2) is 44.3 Å². The number of phenolic OH excluding ortho intramolecular Hbond substituents is 1. The molecule has 2 atom stereocenters. The largest absolute Gasteiger partial charge is 0.505 e. The van der Waals surface area contributed by atoms with Crippen molar-refractivity contribution in [2.24, 2.45) is 11.3 Å². The maximum absolute atomic E-state index is 12.4. The summed E-state index contributed by atoms with van der Waals surface area (Å²) in [6.45, 7) is 8.50. The van der Waals surface area contributed by atoms with Gasteiger partial charge in [0.05, 0.1) is 31.0 Å². The number of benzene rings is 1. The van der Waals surface area contributed by atoms with E-state index in [1.54, 1.807) is 18.2 Å². The fourth-order valence-electron chi connectivity index (χ4n) is 3.98. The molecule has 170 valence electrons. The Labute approximate surface area is 185 Å². The van der Waals surface area contributed by atoms with E-state index in [1.165, 1.54) is 0 Å². The van der Waals surface area contributed by atoms with E-state index in [4.69, 9.17) is 9.15 Å². The van der Waals surface area contributed by atoms with Gasteiger partial charge in [-0.1, -0.05) is 32.9 Å². The van der Waals surface area contributed by atoms with Gasteiger partial charge in [-0.05, 0) is 31.0 Å². The van der Waals surface area contributed by atoms with Crippen LogP contribution >= 0.6 is 0 Å². The van der Waals surface area contributed by atoms with E-state index >= 15 is 0 Å². The van der Waals surface area contributed by atoms with Gasteiger partial charge in [0, 0.05) is 11.0 Å². The van der Waals surface area contributed by atoms with Crippen LogP contribution in [0.25, 0.3) is 0 Å². The van der Waals surface area contributed by atoms with E-state index in [0.29, 0.717) is 24.5 Å². The molecule has 0 radical (unpaired) electrons. The molecule has 0 saturated carbocycles. The predicted molar refractivity (Wildman–Crippen MR) is 121 cm³/mol. The molecule has 3 aromatic rings. The molecule has 0 amide bonds. The van der Waals surface area contributed by atoms with Gasteiger partial charge in [0.2, 0.25) is 0 Å². The summed E-state index contributed by atoms with van der Waals surface area (Å²) < 4.78 is 11.2. The molecule has 32 heavy (non-hydrogen) atoms. The number of ether oxygens (including phenoxy) is 1. The number of para-hydroxylation sites is 1. The van der Waals surface area contributed by atoms with Gasteiger partial charge in [0.25, 0.3) is 10.9 Å². The molecular formula is C24H28N2O6. The minimum atomic E-state index is -0.868. The van der Waals surface area contributed by atoms with Crippen molar-refractivity contribution < 1.29 is 19.4 Å². The SMILES string of the molecule is Cc1ccc(C(Nc2c(Nc3cccc(C(O)C(C)C)c3O)c(=O)c2=O)C2(C)COC2)o1. The van der Waals surface area contributed by atoms with Crippen LogP contribution in [0.5, 0.6) is 5.75 Å². The van der Waals surface area contributed by atoms with Gasteiger partial charge in [-0.25, -0.2) is 0 Å². The number of hydrogen-bond donors (Lipinski definition) is 4. The van der Waals surface area contributed by atoms with Crippen LogP contribution in [-0.2, 0) is 4.74 Å². The third-order valence-electron chi connectivity index (χ3n) is 6.08. The Morgan fingerprint density at radius 1 is 1.06 bits per heavy atom. The van der Waals surface area contributed by atoms with Crippen molar-refractivity contribution in [3.8, 4) is 5.75 Å². The van der Waals surface area contributed by atoms with Crippen molar-refractivity contribution in [3.63, 3.8) is 0 Å². The lowest BCUT2D eigenvalue weighted by Crippen LogP contribution is -2.49. The van der Waals surface area contributed by atoms with Gasteiger partial charge in [-0.2, -0.15) is 0 Å². The average Bonchev–Trinajstić information content (AvgIpc) is 3.17. The van der Waals surface area contributed by atoms with Crippen LogP contribution in [0.4, 0.5) is 17.1 Å². The number of aryl methyl sites for hydroxylation is 1. The topological polar surface area (TPSA) is 121 Å². The highest BCUT2D eigenvalue weighted by Crippen LogP contribution is 2.44. The highest BCUT2D eigenvalue weighted by atomic mass is 16.5. The minimum Gasteiger partial charge on any atom is -0.505 e. The van der Waals surface area contributed by atoms with Gasteiger partial charge in [0.15, 0.2) is 0 Å². The maximum Gasteiger partial charge on any atom is 0.253 e. The third kappa shape index (κ3) is 3.69. The van der Waals surface area contributed by atoms with Crippen LogP contribution < -0.4 is 21.5 Å². The highest BCUT2D eigenvalue weighted by Gasteiger charge is 2.45. The fraction of sp³-hybridized carbons (Fsp3) is 0.417. The van der Waals surface area contributed by atoms with E-state index in [9.17, 15) is 19.8 Å². The van der Waals surface area contributed by atoms with Crippen molar-refractivity contribution in [1.29, 1.82) is 0 Å². The number of aliphatic hydroxyl groups is 1. The molecule has 4 rings (SSSR count). The molecule has 2 heterocycles. The standard InChI is InChI=1S/C24H28N2O6/c1-12(2)19(27)14-6-5-7-15(20(14)28)25-17-18(22(30)21(17)29)26-23(24(4)10-31-11-24)16-9-8-13(3)32-16/h5-9,12,19,23,25-28H,10-11H2,1-4H3. The molecule has 1 aromatic heterocycles. The van der Waals surface area contributed by atoms with E-state index in [1.807, 2.05) is 39.8 Å². The second-order valence-electron chi connectivity index (χ2n) is 9.14. The number of furan rings is 1. The highest BCUT2D eigenvalue weighted by molar-refractivity contribution is 5.81. The first-order valence-corrected chi connectivity index (χ1v) is 10.6. The summed E-state index contributed by atoms with van der Waals surface area (Å²) in [7, 11) is 0. The average molecular weight is 440 g/mol. The Bertz CT molecular complexity index is 1200. The third-order valence-corrected chi connectivity index (χ3v) is 6.08. The molecule has 1 saturated heterocycles. The van der Waals surface area contributed by atoms with Gasteiger partial charge < -0.3 is 30.0 Å². The Morgan fingerprint density at radius 3 is 2.31 bits per heavy atom. The molecule has 1 aliphatic rings. The lowest BCUT2D eigenvalue weighted by atomic mass is 9.79. The zero-order valence-electron chi connectivity index (χ0n) is 18.6. The molecule has 1 fully saturated rings. The molecule has 2 unspecified atom stereocenters. The van der Waals surface area contributed by atoms with Crippen molar-refractivity contribution in [2.45, 2.75) is 39.8 Å². The molecule has 0 aliphatic carbocycles. The van der Waals surface area contributed by atoms with E-state index in [2.05, 4.69) is 10.6 Å². The summed E-state index contributed by atoms with van der Waals surface area (Å²) in [4.78, 5) is 24.8. The van der Waals surface area contributed by atoms with E-state index in [-0.39, 0.29) is 40.2 Å². The Balaban J connectivity index is 1.66. The second-order valence-corrected chi connectivity index (χ2v) is 9.14. The molecular weight excluding hydrogens is 412 g/mol. The number of phenols is 1. The molecule has 0 bridgehead atoms. The molecule has 4 N–H and O–H groups in total. The van der Waals surface area contributed by atoms with Crippen molar-refractivity contribution >= 4 is 17.1 Å². The summed E-state index contributed by atoms with van der Waals surface area (Å²) in [6, 6.07) is 8.19. The van der Waals surface area contributed by atoms with Gasteiger partial charge in [0.1, 0.15) is 28.6 Å². The number of nitrogens with one attached hydrogen (secondary N) is 2. The number of aliphatic hydroxyl groups excluding tert-OH is 1. The normalized spacial score (nSPS) is 17.2. The Hall–Kier alpha value is -3.10. The van der Waals surface area contributed by atoms with Crippen LogP contribution in [0.3, 0.4) is 0 Å². The quantitative estimate of drug-likeness (QED) is 0.310. The first-order chi connectivity index (χ1) is 15.1. The maximum atomic E-state index is 12.4. The van der Waals surface area contributed by atoms with Crippen LogP contribution in [-0.4, -0.2) is 23.4 Å². The number of rotatable bonds is 8. The van der Waals surface area contributed by atoms with Crippen molar-refractivity contribution in [3.05, 3.63) is 67.9 Å². The molecule has 1 aliphatic heterocycles. The molecule has 0 spiro atoms. The summed E-state index contributed by atoms with van der Waals surface area (Å²) in [5, 5.41) is 27.1.